The molecule has 6 nitrogen and oxygen atoms in total. The van der Waals surface area contributed by atoms with Gasteiger partial charge in [-0.1, -0.05) is 228 Å². The highest BCUT2D eigenvalue weighted by atomic mass is 16.6. The monoisotopic (exact) mass is 975 g/mol. The molecule has 0 unspecified atom stereocenters. The Balaban J connectivity index is 4.44. The van der Waals surface area contributed by atoms with Crippen LogP contribution in [0.3, 0.4) is 0 Å². The van der Waals surface area contributed by atoms with Crippen molar-refractivity contribution < 1.29 is 28.6 Å². The maximum atomic E-state index is 12.9. The molecule has 0 aliphatic rings. The highest BCUT2D eigenvalue weighted by molar-refractivity contribution is 5.71. The first-order valence-electron chi connectivity index (χ1n) is 29.6. The second-order valence-corrected chi connectivity index (χ2v) is 19.5. The molecule has 0 N–H and O–H groups in total. The van der Waals surface area contributed by atoms with E-state index in [0.717, 1.165) is 109 Å². The van der Waals surface area contributed by atoms with Crippen LogP contribution in [0.2, 0.25) is 0 Å². The molecule has 0 saturated carbocycles. The Hall–Kier alpha value is -3.41. The molecule has 0 bridgehead atoms. The molecule has 0 heterocycles. The number of rotatable bonds is 53. The minimum atomic E-state index is -0.794. The van der Waals surface area contributed by atoms with Gasteiger partial charge in [0.15, 0.2) is 6.10 Å². The number of carbonyl (C=O) groups is 3. The summed E-state index contributed by atoms with van der Waals surface area (Å²) in [4.78, 5) is 38.2. The van der Waals surface area contributed by atoms with E-state index in [2.05, 4.69) is 106 Å². The van der Waals surface area contributed by atoms with Crippen LogP contribution in [0.4, 0.5) is 0 Å². The highest BCUT2D eigenvalue weighted by Crippen LogP contribution is 2.14. The second-order valence-electron chi connectivity index (χ2n) is 19.5. The van der Waals surface area contributed by atoms with E-state index in [9.17, 15) is 14.4 Å². The van der Waals surface area contributed by atoms with Crippen LogP contribution in [-0.2, 0) is 28.6 Å². The first kappa shape index (κ1) is 66.6. The Kier molecular flexibility index (Phi) is 55.3. The summed E-state index contributed by atoms with van der Waals surface area (Å²) in [5.41, 5.74) is 0. The van der Waals surface area contributed by atoms with Gasteiger partial charge in [0, 0.05) is 19.3 Å². The third-order valence-corrected chi connectivity index (χ3v) is 12.6. The molecule has 70 heavy (non-hydrogen) atoms. The summed E-state index contributed by atoms with van der Waals surface area (Å²) in [6.07, 6.45) is 75.6. The van der Waals surface area contributed by atoms with E-state index in [4.69, 9.17) is 14.2 Å². The molecule has 0 aromatic rings. The molecule has 0 aromatic heterocycles. The van der Waals surface area contributed by atoms with Crippen molar-refractivity contribution in [2.24, 2.45) is 0 Å². The van der Waals surface area contributed by atoms with Gasteiger partial charge in [0.1, 0.15) is 13.2 Å². The van der Waals surface area contributed by atoms with E-state index < -0.39 is 6.10 Å². The van der Waals surface area contributed by atoms with Crippen LogP contribution < -0.4 is 0 Å². The number of ether oxygens (including phenoxy) is 3. The normalized spacial score (nSPS) is 12.7. The molecule has 0 fully saturated rings. The lowest BCUT2D eigenvalue weighted by Gasteiger charge is -2.18. The molecule has 0 aliphatic carbocycles. The fourth-order valence-electron chi connectivity index (χ4n) is 8.10. The fraction of sp³-hybridized carbons (Fsp3) is 0.734. The smallest absolute Gasteiger partial charge is 0.306 e. The van der Waals surface area contributed by atoms with Gasteiger partial charge in [0.25, 0.3) is 0 Å². The lowest BCUT2D eigenvalue weighted by molar-refractivity contribution is -0.167. The largest absolute Gasteiger partial charge is 0.462 e. The van der Waals surface area contributed by atoms with Crippen LogP contribution in [0.5, 0.6) is 0 Å². The quantitative estimate of drug-likeness (QED) is 0.0261. The highest BCUT2D eigenvalue weighted by Gasteiger charge is 2.19. The van der Waals surface area contributed by atoms with Crippen molar-refractivity contribution in [2.45, 2.75) is 290 Å². The van der Waals surface area contributed by atoms with Crippen LogP contribution >= 0.6 is 0 Å². The van der Waals surface area contributed by atoms with Crippen molar-refractivity contribution in [2.75, 3.05) is 13.2 Å². The average Bonchev–Trinajstić information content (AvgIpc) is 3.36. The van der Waals surface area contributed by atoms with Crippen LogP contribution in [0, 0.1) is 0 Å². The fourth-order valence-corrected chi connectivity index (χ4v) is 8.10. The Morgan fingerprint density at radius 1 is 0.286 bits per heavy atom. The molecule has 6 heteroatoms. The first-order chi connectivity index (χ1) is 34.5. The number of hydrogen-bond acceptors (Lipinski definition) is 6. The summed E-state index contributed by atoms with van der Waals surface area (Å²) in [6.45, 7) is 6.56. The molecule has 0 saturated heterocycles. The summed E-state index contributed by atoms with van der Waals surface area (Å²) in [5, 5.41) is 0. The molecule has 0 radical (unpaired) electrons. The Morgan fingerprint density at radius 2 is 0.514 bits per heavy atom. The van der Waals surface area contributed by atoms with Gasteiger partial charge in [-0.3, -0.25) is 14.4 Å². The molecule has 0 amide bonds. The summed E-state index contributed by atoms with van der Waals surface area (Å²) in [7, 11) is 0. The van der Waals surface area contributed by atoms with Gasteiger partial charge in [0.05, 0.1) is 0 Å². The first-order valence-corrected chi connectivity index (χ1v) is 29.6. The number of carbonyl (C=O) groups excluding carboxylic acids is 3. The predicted octanol–water partition coefficient (Wildman–Crippen LogP) is 19.9. The molecule has 0 spiro atoms. The maximum absolute atomic E-state index is 12.9. The average molecular weight is 976 g/mol. The van der Waals surface area contributed by atoms with Crippen molar-refractivity contribution in [1.82, 2.24) is 0 Å². The Labute approximate surface area is 433 Å². The second kappa shape index (κ2) is 58.2. The Morgan fingerprint density at radius 3 is 0.843 bits per heavy atom. The summed E-state index contributed by atoms with van der Waals surface area (Å²) in [6, 6.07) is 0. The summed E-state index contributed by atoms with van der Waals surface area (Å²) in [5.74, 6) is -0.917. The molecule has 0 aliphatic heterocycles. The van der Waals surface area contributed by atoms with Crippen molar-refractivity contribution in [1.29, 1.82) is 0 Å². The van der Waals surface area contributed by atoms with Gasteiger partial charge >= 0.3 is 17.9 Å². The summed E-state index contributed by atoms with van der Waals surface area (Å²) >= 11 is 0. The third kappa shape index (κ3) is 55.5. The molecule has 1 atom stereocenters. The van der Waals surface area contributed by atoms with Gasteiger partial charge in [-0.05, 0) is 122 Å². The van der Waals surface area contributed by atoms with E-state index in [0.29, 0.717) is 19.3 Å². The van der Waals surface area contributed by atoms with Crippen LogP contribution in [0.1, 0.15) is 284 Å². The third-order valence-electron chi connectivity index (χ3n) is 12.6. The standard InChI is InChI=1S/C64H110O6/c1-4-7-10-13-16-19-22-25-28-30-32-34-36-39-42-45-48-51-54-57-63(66)69-60-61(59-68-62(65)56-53-50-47-44-41-38-27-24-21-18-15-12-9-6-3)70-64(67)58-55-52-49-46-43-40-37-35-33-31-29-26-23-20-17-14-11-8-5-2/h16-17,19-20,24-29,32-35,61H,4-15,18,21-23,30-31,36-60H2,1-3H3/b19-16-,20-17-,27-24-,28-25-,29-26-,34-32-,35-33-/t61-/m1/s1. The van der Waals surface area contributed by atoms with Crippen LogP contribution in [-0.4, -0.2) is 37.2 Å². The molecular formula is C64H110O6. The van der Waals surface area contributed by atoms with Crippen molar-refractivity contribution in [3.8, 4) is 0 Å². The van der Waals surface area contributed by atoms with Crippen molar-refractivity contribution in [3.05, 3.63) is 85.1 Å². The zero-order valence-electron chi connectivity index (χ0n) is 46.0. The van der Waals surface area contributed by atoms with E-state index in [1.54, 1.807) is 0 Å². The van der Waals surface area contributed by atoms with Gasteiger partial charge in [-0.2, -0.15) is 0 Å². The Bertz CT molecular complexity index is 1350. The van der Waals surface area contributed by atoms with Crippen LogP contribution in [0.25, 0.3) is 0 Å². The minimum Gasteiger partial charge on any atom is -0.462 e. The molecule has 402 valence electrons. The van der Waals surface area contributed by atoms with Gasteiger partial charge < -0.3 is 14.2 Å². The number of esters is 3. The van der Waals surface area contributed by atoms with Crippen molar-refractivity contribution >= 4 is 17.9 Å². The summed E-state index contributed by atoms with van der Waals surface area (Å²) < 4.78 is 16.9. The van der Waals surface area contributed by atoms with Crippen LogP contribution in [0.15, 0.2) is 85.1 Å². The lowest BCUT2D eigenvalue weighted by Crippen LogP contribution is -2.30. The maximum Gasteiger partial charge on any atom is 0.306 e. The van der Waals surface area contributed by atoms with Gasteiger partial charge in [-0.15, -0.1) is 0 Å². The minimum absolute atomic E-state index is 0.0905. The lowest BCUT2D eigenvalue weighted by atomic mass is 10.1. The SMILES string of the molecule is CCCCC/C=C\C/C=C\C/C=C\CCCCCCCCC(=O)OC[C@@H](COC(=O)CCCCCCC/C=C\CCCCCCC)OC(=O)CCCCCCCC/C=C\C/C=C\C/C=C\CCCCC. The predicted molar refractivity (Wildman–Crippen MR) is 302 cm³/mol. The molecular weight excluding hydrogens is 865 g/mol. The number of unbranched alkanes of at least 4 members (excludes halogenated alkanes) is 28. The van der Waals surface area contributed by atoms with Crippen molar-refractivity contribution in [3.63, 3.8) is 0 Å². The molecule has 0 aromatic carbocycles. The van der Waals surface area contributed by atoms with E-state index >= 15 is 0 Å². The van der Waals surface area contributed by atoms with Gasteiger partial charge in [0.2, 0.25) is 0 Å². The molecule has 0 rings (SSSR count). The zero-order valence-corrected chi connectivity index (χ0v) is 46.0. The number of allylic oxidation sites excluding steroid dienone is 14. The van der Waals surface area contributed by atoms with E-state index in [1.807, 2.05) is 0 Å². The van der Waals surface area contributed by atoms with E-state index in [-0.39, 0.29) is 31.1 Å². The number of hydrogen-bond donors (Lipinski definition) is 0. The topological polar surface area (TPSA) is 78.9 Å². The van der Waals surface area contributed by atoms with Gasteiger partial charge in [-0.25, -0.2) is 0 Å². The zero-order chi connectivity index (χ0) is 50.7. The van der Waals surface area contributed by atoms with E-state index in [1.165, 1.54) is 135 Å².